The van der Waals surface area contributed by atoms with Gasteiger partial charge in [-0.2, -0.15) is 0 Å². The van der Waals surface area contributed by atoms with Crippen molar-refractivity contribution in [1.29, 1.82) is 0 Å². The van der Waals surface area contributed by atoms with Gasteiger partial charge in [-0.25, -0.2) is 4.98 Å². The van der Waals surface area contributed by atoms with E-state index >= 15 is 0 Å². The molecule has 0 bridgehead atoms. The summed E-state index contributed by atoms with van der Waals surface area (Å²) in [6.45, 7) is 3.88. The maximum Gasteiger partial charge on any atom is 0.312 e. The second-order valence-electron chi connectivity index (χ2n) is 9.72. The molecule has 1 aromatic carbocycles. The number of carbonyl (C=O) groups excluding carboxylic acids is 3. The minimum atomic E-state index is -0.885. The van der Waals surface area contributed by atoms with E-state index in [1.807, 2.05) is 30.3 Å². The number of methoxy groups -OCH3 is 2. The van der Waals surface area contributed by atoms with Gasteiger partial charge >= 0.3 is 11.9 Å². The number of cyclic esters (lactones) is 1. The van der Waals surface area contributed by atoms with Crippen molar-refractivity contribution in [2.45, 2.75) is 45.3 Å². The SMILES string of the molecule is COCCCO[C@@H]1[C@@H](Cc2ccccc2)COC[C@H](CC(=O)c2nccc(OC)c2OCOC(C)=O)C(=O)O[C@H]1C. The van der Waals surface area contributed by atoms with Crippen LogP contribution in [-0.2, 0) is 39.7 Å². The second kappa shape index (κ2) is 16.7. The predicted octanol–water partition coefficient (Wildman–Crippen LogP) is 3.42. The summed E-state index contributed by atoms with van der Waals surface area (Å²) < 4.78 is 38.9. The summed E-state index contributed by atoms with van der Waals surface area (Å²) >= 11 is 0. The third-order valence-electron chi connectivity index (χ3n) is 6.61. The third-order valence-corrected chi connectivity index (χ3v) is 6.61. The molecule has 1 aliphatic rings. The van der Waals surface area contributed by atoms with Crippen LogP contribution in [0.15, 0.2) is 42.6 Å². The molecule has 1 aliphatic heterocycles. The molecule has 3 rings (SSSR count). The molecule has 1 saturated heterocycles. The number of carbonyl (C=O) groups is 3. The van der Waals surface area contributed by atoms with Gasteiger partial charge in [-0.1, -0.05) is 30.3 Å². The number of nitrogens with zero attached hydrogens (tertiary/aromatic N) is 1. The van der Waals surface area contributed by atoms with Crippen LogP contribution in [0.5, 0.6) is 11.5 Å². The average Bonchev–Trinajstić information content (AvgIpc) is 3.00. The Hall–Kier alpha value is -3.54. The molecule has 11 nitrogen and oxygen atoms in total. The fraction of sp³-hybridized carbons (Fsp3) is 0.533. The molecule has 0 aliphatic carbocycles. The lowest BCUT2D eigenvalue weighted by molar-refractivity contribution is -0.163. The molecule has 0 N–H and O–H groups in total. The lowest BCUT2D eigenvalue weighted by Crippen LogP contribution is -2.40. The van der Waals surface area contributed by atoms with Crippen LogP contribution in [0.25, 0.3) is 0 Å². The Labute approximate surface area is 240 Å². The number of ketones is 1. The maximum absolute atomic E-state index is 13.4. The number of aromatic nitrogens is 1. The molecule has 0 saturated carbocycles. The Bertz CT molecular complexity index is 1130. The number of benzene rings is 1. The molecule has 1 aromatic heterocycles. The second-order valence-corrected chi connectivity index (χ2v) is 9.72. The van der Waals surface area contributed by atoms with Crippen molar-refractivity contribution >= 4 is 17.7 Å². The highest BCUT2D eigenvalue weighted by Crippen LogP contribution is 2.32. The van der Waals surface area contributed by atoms with E-state index in [0.717, 1.165) is 5.56 Å². The first kappa shape index (κ1) is 32.0. The molecular weight excluding hydrogens is 534 g/mol. The van der Waals surface area contributed by atoms with Crippen molar-refractivity contribution < 1.29 is 47.5 Å². The minimum Gasteiger partial charge on any atom is -0.493 e. The zero-order chi connectivity index (χ0) is 29.6. The summed E-state index contributed by atoms with van der Waals surface area (Å²) in [4.78, 5) is 42.0. The van der Waals surface area contributed by atoms with E-state index in [2.05, 4.69) is 4.98 Å². The quantitative estimate of drug-likeness (QED) is 0.143. The van der Waals surface area contributed by atoms with Crippen LogP contribution >= 0.6 is 0 Å². The lowest BCUT2D eigenvalue weighted by atomic mass is 9.91. The van der Waals surface area contributed by atoms with Gasteiger partial charge in [0.15, 0.2) is 23.0 Å². The number of pyridine rings is 1. The summed E-state index contributed by atoms with van der Waals surface area (Å²) in [5, 5.41) is 0. The molecule has 0 unspecified atom stereocenters. The number of ether oxygens (including phenoxy) is 7. The Morgan fingerprint density at radius 3 is 2.56 bits per heavy atom. The van der Waals surface area contributed by atoms with Crippen LogP contribution in [0.2, 0.25) is 0 Å². The van der Waals surface area contributed by atoms with Gasteiger partial charge in [0.1, 0.15) is 6.10 Å². The molecular formula is C30H39NO10. The fourth-order valence-electron chi connectivity index (χ4n) is 4.60. The van der Waals surface area contributed by atoms with E-state index in [0.29, 0.717) is 32.7 Å². The van der Waals surface area contributed by atoms with E-state index in [1.165, 1.54) is 26.3 Å². The van der Waals surface area contributed by atoms with Gasteiger partial charge in [0.2, 0.25) is 6.79 Å². The van der Waals surface area contributed by atoms with Gasteiger partial charge in [0.25, 0.3) is 0 Å². The number of hydrogen-bond acceptors (Lipinski definition) is 11. The van der Waals surface area contributed by atoms with E-state index < -0.39 is 42.6 Å². The zero-order valence-corrected chi connectivity index (χ0v) is 24.0. The largest absolute Gasteiger partial charge is 0.493 e. The van der Waals surface area contributed by atoms with E-state index in [4.69, 9.17) is 33.2 Å². The Balaban J connectivity index is 1.77. The molecule has 41 heavy (non-hydrogen) atoms. The molecule has 4 atom stereocenters. The number of rotatable bonds is 14. The number of hydrogen-bond donors (Lipinski definition) is 0. The Morgan fingerprint density at radius 2 is 1.85 bits per heavy atom. The molecule has 1 fully saturated rings. The lowest BCUT2D eigenvalue weighted by Gasteiger charge is -2.31. The highest BCUT2D eigenvalue weighted by atomic mass is 16.7. The van der Waals surface area contributed by atoms with Crippen molar-refractivity contribution in [3.05, 3.63) is 53.9 Å². The summed E-state index contributed by atoms with van der Waals surface area (Å²) in [5.74, 6) is -2.34. The third kappa shape index (κ3) is 9.80. The summed E-state index contributed by atoms with van der Waals surface area (Å²) in [6, 6.07) is 11.5. The first-order valence-corrected chi connectivity index (χ1v) is 13.6. The van der Waals surface area contributed by atoms with Crippen LogP contribution in [0.3, 0.4) is 0 Å². The Morgan fingerprint density at radius 1 is 1.07 bits per heavy atom. The Kier molecular flexibility index (Phi) is 13.0. The predicted molar refractivity (Wildman–Crippen MR) is 147 cm³/mol. The first-order chi connectivity index (χ1) is 19.8. The highest BCUT2D eigenvalue weighted by molar-refractivity contribution is 5.99. The van der Waals surface area contributed by atoms with Gasteiger partial charge in [-0.3, -0.25) is 14.4 Å². The van der Waals surface area contributed by atoms with Crippen molar-refractivity contribution in [3.63, 3.8) is 0 Å². The van der Waals surface area contributed by atoms with Gasteiger partial charge in [0, 0.05) is 51.8 Å². The summed E-state index contributed by atoms with van der Waals surface area (Å²) in [6.07, 6.45) is 1.50. The van der Waals surface area contributed by atoms with Crippen LogP contribution in [0.1, 0.15) is 42.7 Å². The van der Waals surface area contributed by atoms with Crippen molar-refractivity contribution in [2.24, 2.45) is 11.8 Å². The molecule has 0 spiro atoms. The van der Waals surface area contributed by atoms with Gasteiger partial charge in [-0.05, 0) is 25.3 Å². The van der Waals surface area contributed by atoms with Gasteiger partial charge in [0.05, 0.1) is 32.3 Å². The minimum absolute atomic E-state index is 0.0134. The standard InChI is InChI=1S/C30H39NO10/c1-20-28(38-14-8-13-35-3)23(15-22-9-6-5-7-10-22)17-37-18-24(30(34)41-20)16-25(33)27-29(40-19-39-21(2)32)26(36-4)11-12-31-27/h5-7,9-12,20,23-24,28H,8,13-19H2,1-4H3/t20-,23-,24-,28-/m0/s1. The van der Waals surface area contributed by atoms with Gasteiger partial charge in [-0.15, -0.1) is 0 Å². The smallest absolute Gasteiger partial charge is 0.312 e. The highest BCUT2D eigenvalue weighted by Gasteiger charge is 2.36. The molecule has 0 radical (unpaired) electrons. The fourth-order valence-corrected chi connectivity index (χ4v) is 4.60. The number of esters is 2. The van der Waals surface area contributed by atoms with E-state index in [-0.39, 0.29) is 36.1 Å². The maximum atomic E-state index is 13.4. The molecule has 11 heteroatoms. The van der Waals surface area contributed by atoms with Gasteiger partial charge < -0.3 is 33.2 Å². The van der Waals surface area contributed by atoms with E-state index in [9.17, 15) is 14.4 Å². The van der Waals surface area contributed by atoms with Crippen LogP contribution in [-0.4, -0.2) is 82.4 Å². The zero-order valence-electron chi connectivity index (χ0n) is 24.0. The summed E-state index contributed by atoms with van der Waals surface area (Å²) in [7, 11) is 3.04. The molecule has 2 aromatic rings. The number of Topliss-reactive ketones (excluding diaryl/α,β-unsaturated/α-hetero) is 1. The van der Waals surface area contributed by atoms with Crippen LogP contribution < -0.4 is 9.47 Å². The normalized spacial score (nSPS) is 21.1. The van der Waals surface area contributed by atoms with Crippen LogP contribution in [0, 0.1) is 11.8 Å². The first-order valence-electron chi connectivity index (χ1n) is 13.6. The molecule has 224 valence electrons. The van der Waals surface area contributed by atoms with Crippen molar-refractivity contribution in [3.8, 4) is 11.5 Å². The van der Waals surface area contributed by atoms with Crippen molar-refractivity contribution in [1.82, 2.24) is 4.98 Å². The molecule has 2 heterocycles. The monoisotopic (exact) mass is 573 g/mol. The molecule has 0 amide bonds. The topological polar surface area (TPSA) is 129 Å². The van der Waals surface area contributed by atoms with Crippen molar-refractivity contribution in [2.75, 3.05) is 47.4 Å². The average molecular weight is 574 g/mol. The van der Waals surface area contributed by atoms with E-state index in [1.54, 1.807) is 14.0 Å². The van der Waals surface area contributed by atoms with Crippen LogP contribution in [0.4, 0.5) is 0 Å². The summed E-state index contributed by atoms with van der Waals surface area (Å²) in [5.41, 5.74) is 1.06.